The Hall–Kier alpha value is -9.00. The molecule has 3 amide bonds. The topological polar surface area (TPSA) is 266 Å². The lowest BCUT2D eigenvalue weighted by Gasteiger charge is -2.40. The summed E-state index contributed by atoms with van der Waals surface area (Å²) in [6.07, 6.45) is 24.6. The molecular weight excluding hydrogens is 1170 g/mol. The molecule has 6 atom stereocenters. The number of carbonyl (C=O) groups is 3. The lowest BCUT2D eigenvalue weighted by atomic mass is 9.96. The first-order chi connectivity index (χ1) is 42.1. The van der Waals surface area contributed by atoms with E-state index in [1.54, 1.807) is 62.0 Å². The van der Waals surface area contributed by atoms with Gasteiger partial charge in [0.05, 0.1) is 89.5 Å². The molecule has 87 heavy (non-hydrogen) atoms. The number of nitrogens with zero attached hydrogens (tertiary/aromatic N) is 18. The fourth-order valence-electron chi connectivity index (χ4n) is 11.0. The van der Waals surface area contributed by atoms with Crippen LogP contribution in [0.2, 0.25) is 15.3 Å². The summed E-state index contributed by atoms with van der Waals surface area (Å²) in [6.45, 7) is 14.1. The number of aromatic nitrogens is 15. The summed E-state index contributed by atoms with van der Waals surface area (Å²) in [7, 11) is 0. The van der Waals surface area contributed by atoms with Gasteiger partial charge in [0.2, 0.25) is 0 Å². The first-order valence-corrected chi connectivity index (χ1v) is 29.8. The molecule has 450 valence electrons. The molecule has 10 heterocycles. The molecule has 3 saturated heterocycles. The Kier molecular flexibility index (Phi) is 19.7. The van der Waals surface area contributed by atoms with Gasteiger partial charge in [-0.15, -0.1) is 4.80 Å². The Morgan fingerprint density at radius 2 is 0.816 bits per heavy atom. The van der Waals surface area contributed by atoms with E-state index < -0.39 is 0 Å². The second kappa shape index (κ2) is 28.0. The van der Waals surface area contributed by atoms with Crippen LogP contribution < -0.4 is 16.0 Å². The first kappa shape index (κ1) is 61.1. The summed E-state index contributed by atoms with van der Waals surface area (Å²) in [5.41, 5.74) is 6.51. The van der Waals surface area contributed by atoms with E-state index >= 15 is 0 Å². The van der Waals surface area contributed by atoms with Crippen LogP contribution in [-0.2, 0) is 0 Å². The highest BCUT2D eigenvalue weighted by molar-refractivity contribution is 6.30. The van der Waals surface area contributed by atoms with Crippen LogP contribution in [0.25, 0.3) is 17.1 Å². The molecule has 12 rings (SSSR count). The number of likely N-dealkylation sites (tertiary alicyclic amines) is 3. The minimum atomic E-state index is -0.140. The summed E-state index contributed by atoms with van der Waals surface area (Å²) in [5.74, 6) is 1.86. The van der Waals surface area contributed by atoms with Crippen molar-refractivity contribution in [1.29, 1.82) is 0 Å². The van der Waals surface area contributed by atoms with Crippen molar-refractivity contribution in [1.82, 2.24) is 89.6 Å². The molecule has 0 radical (unpaired) electrons. The second-order valence-electron chi connectivity index (χ2n) is 21.6. The van der Waals surface area contributed by atoms with Gasteiger partial charge in [-0.3, -0.25) is 14.4 Å². The molecular formula is C60H66Cl3N21O3. The molecule has 0 spiro atoms. The zero-order valence-electron chi connectivity index (χ0n) is 48.9. The average Bonchev–Trinajstić information content (AvgIpc) is 2.42. The molecule has 0 aliphatic carbocycles. The maximum atomic E-state index is 13.5. The van der Waals surface area contributed by atoms with Gasteiger partial charge in [-0.1, -0.05) is 46.9 Å². The van der Waals surface area contributed by atoms with Crippen LogP contribution in [0.15, 0.2) is 129 Å². The number of amides is 3. The van der Waals surface area contributed by atoms with Gasteiger partial charge < -0.3 is 30.7 Å². The second-order valence-corrected chi connectivity index (χ2v) is 22.8. The third-order valence-corrected chi connectivity index (χ3v) is 16.2. The van der Waals surface area contributed by atoms with Crippen LogP contribution in [0.3, 0.4) is 0 Å². The highest BCUT2D eigenvalue weighted by Gasteiger charge is 2.36. The SMILES string of the molecule is Cc1ccc(C(=O)N2CCC[C@@H](Nc3ccc(Cl)cn3)[C@@H]2C)c(-n2nccn2)c1.Cc1ccc(C(=O)N2CCC[C@@H](Nc3cnc(Cl)cn3)[C@@H]2C)c(-n2nccn2)c1.Cc1cnc(C(=O)N2CCC[C@@H](Nc3cnc(Cl)cn3)[C@@H]2C)c(-n2nccn2)c1. The molecule has 7 aromatic heterocycles. The number of halogens is 3. The first-order valence-electron chi connectivity index (χ1n) is 28.7. The number of pyridine rings is 2. The van der Waals surface area contributed by atoms with E-state index in [-0.39, 0.29) is 54.0 Å². The number of carbonyl (C=O) groups excluding carboxylic acids is 3. The van der Waals surface area contributed by atoms with E-state index in [4.69, 9.17) is 34.8 Å². The van der Waals surface area contributed by atoms with Crippen LogP contribution in [0.1, 0.15) is 107 Å². The summed E-state index contributed by atoms with van der Waals surface area (Å²) >= 11 is 17.6. The number of nitrogens with one attached hydrogen (secondary N) is 3. The Morgan fingerprint density at radius 1 is 0.425 bits per heavy atom. The number of aryl methyl sites for hydroxylation is 3. The standard InChI is InChI=1S/C21H23ClN6O.C20H22ClN7O.C19H21ClN8O/c1-14-5-7-17(19(12-14)28-24-9-10-25-28)21(29)27-11-3-4-18(15(27)2)26-20-8-6-16(22)13-23-20;1-13-5-6-15(17(10-13)28-24-7-8-25-28)20(29)27-9-3-4-16(14(27)2)26-19-12-22-18(21)11-23-19;1-12-8-15(28-24-5-6-25-28)18(23-9-12)19(29)27-7-3-4-14(13(27)2)26-17-11-21-16(20)10-22-17/h5-10,12-13,15,18H,3-4,11H2,1-2H3,(H,23,26);5-8,10-12,14,16H,3-4,9H2,1-2H3,(H,23,26);5-6,8-11,13-14H,3-4,7H2,1-2H3,(H,22,26)/t15-,18+;14-,16+;13-,14+/m000/s1. The fourth-order valence-corrected chi connectivity index (χ4v) is 11.3. The number of benzene rings is 2. The highest BCUT2D eigenvalue weighted by atomic mass is 35.5. The van der Waals surface area contributed by atoms with Crippen molar-refractivity contribution >= 4 is 70.0 Å². The van der Waals surface area contributed by atoms with Crippen molar-refractivity contribution in [3.63, 3.8) is 0 Å². The average molecular weight is 1240 g/mol. The van der Waals surface area contributed by atoms with Crippen molar-refractivity contribution in [2.75, 3.05) is 35.6 Å². The van der Waals surface area contributed by atoms with Gasteiger partial charge >= 0.3 is 0 Å². The van der Waals surface area contributed by atoms with E-state index in [1.165, 1.54) is 26.8 Å². The molecule has 27 heteroatoms. The van der Waals surface area contributed by atoms with Crippen LogP contribution >= 0.6 is 34.8 Å². The van der Waals surface area contributed by atoms with E-state index in [0.29, 0.717) is 80.5 Å². The van der Waals surface area contributed by atoms with Crippen molar-refractivity contribution in [3.05, 3.63) is 178 Å². The Balaban J connectivity index is 0.000000144. The number of anilines is 3. The zero-order chi connectivity index (χ0) is 61.1. The van der Waals surface area contributed by atoms with Crippen molar-refractivity contribution in [2.45, 2.75) is 116 Å². The molecule has 3 N–H and O–H groups in total. The van der Waals surface area contributed by atoms with E-state index in [9.17, 15) is 14.4 Å². The van der Waals surface area contributed by atoms with Crippen LogP contribution in [-0.4, -0.2) is 163 Å². The minimum Gasteiger partial charge on any atom is -0.365 e. The van der Waals surface area contributed by atoms with Gasteiger partial charge in [0.1, 0.15) is 33.4 Å². The fraction of sp³-hybridized carbons (Fsp3) is 0.350. The molecule has 2 aromatic carbocycles. The maximum Gasteiger partial charge on any atom is 0.275 e. The third kappa shape index (κ3) is 14.8. The minimum absolute atomic E-state index is 0.00783. The molecule has 3 fully saturated rings. The quantitative estimate of drug-likeness (QED) is 0.103. The number of piperidine rings is 3. The van der Waals surface area contributed by atoms with E-state index in [0.717, 1.165) is 61.0 Å². The van der Waals surface area contributed by atoms with Crippen molar-refractivity contribution in [2.24, 2.45) is 0 Å². The molecule has 0 bridgehead atoms. The molecule has 3 aliphatic heterocycles. The summed E-state index contributed by atoms with van der Waals surface area (Å²) < 4.78 is 0. The molecule has 9 aromatic rings. The summed E-state index contributed by atoms with van der Waals surface area (Å²) in [4.78, 5) is 75.8. The molecule has 24 nitrogen and oxygen atoms in total. The smallest absolute Gasteiger partial charge is 0.275 e. The number of hydrogen-bond donors (Lipinski definition) is 3. The monoisotopic (exact) mass is 1230 g/mol. The molecule has 0 saturated carbocycles. The van der Waals surface area contributed by atoms with Gasteiger partial charge in [0.15, 0.2) is 5.69 Å². The predicted octanol–water partition coefficient (Wildman–Crippen LogP) is 9.37. The molecule has 3 aliphatic rings. The van der Waals surface area contributed by atoms with Gasteiger partial charge in [-0.25, -0.2) is 29.9 Å². The zero-order valence-corrected chi connectivity index (χ0v) is 51.1. The Morgan fingerprint density at radius 3 is 1.22 bits per heavy atom. The van der Waals surface area contributed by atoms with Gasteiger partial charge in [-0.2, -0.15) is 40.2 Å². The molecule has 0 unspecified atom stereocenters. The summed E-state index contributed by atoms with van der Waals surface area (Å²) in [6, 6.07) is 17.2. The van der Waals surface area contributed by atoms with Crippen LogP contribution in [0.5, 0.6) is 0 Å². The Labute approximate surface area is 518 Å². The van der Waals surface area contributed by atoms with Crippen LogP contribution in [0.4, 0.5) is 17.5 Å². The third-order valence-electron chi connectivity index (χ3n) is 15.6. The number of hydrogen-bond acceptors (Lipinski definition) is 18. The largest absolute Gasteiger partial charge is 0.365 e. The lowest BCUT2D eigenvalue weighted by Crippen LogP contribution is -2.52. The highest BCUT2D eigenvalue weighted by Crippen LogP contribution is 2.29. The lowest BCUT2D eigenvalue weighted by molar-refractivity contribution is 0.0605. The van der Waals surface area contributed by atoms with Gasteiger partial charge in [0.25, 0.3) is 17.7 Å². The van der Waals surface area contributed by atoms with Crippen molar-refractivity contribution in [3.8, 4) is 17.1 Å². The van der Waals surface area contributed by atoms with Gasteiger partial charge in [0, 0.05) is 68.3 Å². The van der Waals surface area contributed by atoms with Crippen molar-refractivity contribution < 1.29 is 14.4 Å². The Bertz CT molecular complexity index is 3360. The van der Waals surface area contributed by atoms with Crippen LogP contribution in [0, 0.1) is 20.8 Å². The maximum absolute atomic E-state index is 13.5. The summed E-state index contributed by atoms with van der Waals surface area (Å²) in [5, 5.41) is 36.7. The van der Waals surface area contributed by atoms with Gasteiger partial charge in [-0.05, 0) is 139 Å². The van der Waals surface area contributed by atoms with E-state index in [2.05, 4.69) is 90.3 Å². The van der Waals surface area contributed by atoms with E-state index in [1.807, 2.05) is 97.0 Å². The predicted molar refractivity (Wildman–Crippen MR) is 331 cm³/mol. The normalized spacial score (nSPS) is 19.2. The number of rotatable bonds is 12.